The first-order valence-corrected chi connectivity index (χ1v) is 9.66. The molecule has 0 saturated carbocycles. The number of aromatic nitrogens is 2. The van der Waals surface area contributed by atoms with Crippen molar-refractivity contribution in [3.63, 3.8) is 0 Å². The molecule has 0 aliphatic carbocycles. The predicted molar refractivity (Wildman–Crippen MR) is 105 cm³/mol. The van der Waals surface area contributed by atoms with E-state index < -0.39 is 0 Å². The van der Waals surface area contributed by atoms with Crippen LogP contribution < -0.4 is 5.32 Å². The lowest BCUT2D eigenvalue weighted by Crippen LogP contribution is -2.47. The monoisotopic (exact) mass is 370 g/mol. The van der Waals surface area contributed by atoms with E-state index in [2.05, 4.69) is 39.6 Å². The van der Waals surface area contributed by atoms with Gasteiger partial charge < -0.3 is 10.1 Å². The minimum atomic E-state index is 0.0493. The quantitative estimate of drug-likeness (QED) is 0.810. The molecule has 0 radical (unpaired) electrons. The van der Waals surface area contributed by atoms with Crippen LogP contribution in [-0.2, 0) is 29.5 Å². The van der Waals surface area contributed by atoms with Crippen LogP contribution >= 0.6 is 0 Å². The standard InChI is InChI=1S/C21H30N4O2/c1-16-20(17(2)24(3)23-16)9-10-21(26)22-13-19-15-25(11-12-27-19)14-18-7-5-4-6-8-18/h4-8,19H,9-15H2,1-3H3,(H,22,26). The third kappa shape index (κ3) is 5.40. The molecule has 1 amide bonds. The number of rotatable bonds is 7. The number of benzene rings is 1. The van der Waals surface area contributed by atoms with Crippen molar-refractivity contribution in [1.82, 2.24) is 20.0 Å². The molecule has 1 N–H and O–H groups in total. The molecule has 27 heavy (non-hydrogen) atoms. The summed E-state index contributed by atoms with van der Waals surface area (Å²) in [7, 11) is 1.94. The number of hydrogen-bond acceptors (Lipinski definition) is 4. The van der Waals surface area contributed by atoms with Gasteiger partial charge in [0.15, 0.2) is 0 Å². The van der Waals surface area contributed by atoms with E-state index in [-0.39, 0.29) is 12.0 Å². The second kappa shape index (κ2) is 9.15. The van der Waals surface area contributed by atoms with Gasteiger partial charge >= 0.3 is 0 Å². The van der Waals surface area contributed by atoms with Gasteiger partial charge in [0, 0.05) is 45.3 Å². The van der Waals surface area contributed by atoms with Gasteiger partial charge in [0.05, 0.1) is 18.4 Å². The minimum Gasteiger partial charge on any atom is -0.374 e. The van der Waals surface area contributed by atoms with Crippen LogP contribution in [-0.4, -0.2) is 52.9 Å². The van der Waals surface area contributed by atoms with Crippen LogP contribution in [0, 0.1) is 13.8 Å². The highest BCUT2D eigenvalue weighted by Crippen LogP contribution is 2.14. The fraction of sp³-hybridized carbons (Fsp3) is 0.524. The van der Waals surface area contributed by atoms with Crippen LogP contribution in [0.5, 0.6) is 0 Å². The van der Waals surface area contributed by atoms with Crippen LogP contribution in [0.3, 0.4) is 0 Å². The molecule has 0 spiro atoms. The van der Waals surface area contributed by atoms with Crippen molar-refractivity contribution in [2.24, 2.45) is 7.05 Å². The summed E-state index contributed by atoms with van der Waals surface area (Å²) in [6.45, 7) is 8.02. The lowest BCUT2D eigenvalue weighted by atomic mass is 10.1. The van der Waals surface area contributed by atoms with Gasteiger partial charge in [-0.1, -0.05) is 30.3 Å². The Morgan fingerprint density at radius 1 is 1.30 bits per heavy atom. The van der Waals surface area contributed by atoms with Gasteiger partial charge in [-0.25, -0.2) is 0 Å². The summed E-state index contributed by atoms with van der Waals surface area (Å²) in [4.78, 5) is 14.6. The molecule has 2 heterocycles. The molecular weight excluding hydrogens is 340 g/mol. The van der Waals surface area contributed by atoms with E-state index in [1.54, 1.807) is 0 Å². The molecule has 1 aliphatic heterocycles. The molecule has 1 aliphatic rings. The van der Waals surface area contributed by atoms with Gasteiger partial charge in [-0.2, -0.15) is 5.10 Å². The van der Waals surface area contributed by atoms with Gasteiger partial charge in [-0.3, -0.25) is 14.4 Å². The number of amides is 1. The van der Waals surface area contributed by atoms with E-state index >= 15 is 0 Å². The molecule has 1 unspecified atom stereocenters. The van der Waals surface area contributed by atoms with Gasteiger partial charge in [0.25, 0.3) is 0 Å². The summed E-state index contributed by atoms with van der Waals surface area (Å²) in [6.07, 6.45) is 1.25. The fourth-order valence-electron chi connectivity index (χ4n) is 3.62. The van der Waals surface area contributed by atoms with E-state index in [0.29, 0.717) is 19.6 Å². The topological polar surface area (TPSA) is 59.4 Å². The second-order valence-electron chi connectivity index (χ2n) is 7.29. The first-order valence-electron chi connectivity index (χ1n) is 9.66. The van der Waals surface area contributed by atoms with Gasteiger partial charge in [0.2, 0.25) is 5.91 Å². The Morgan fingerprint density at radius 2 is 2.07 bits per heavy atom. The summed E-state index contributed by atoms with van der Waals surface area (Å²) in [5.41, 5.74) is 4.63. The highest BCUT2D eigenvalue weighted by Gasteiger charge is 2.21. The normalized spacial score (nSPS) is 17.8. The third-order valence-corrected chi connectivity index (χ3v) is 5.26. The average molecular weight is 370 g/mol. The van der Waals surface area contributed by atoms with Gasteiger partial charge in [-0.15, -0.1) is 0 Å². The predicted octanol–water partition coefficient (Wildman–Crippen LogP) is 1.99. The van der Waals surface area contributed by atoms with Crippen molar-refractivity contribution in [2.45, 2.75) is 39.3 Å². The number of nitrogens with one attached hydrogen (secondary N) is 1. The van der Waals surface area contributed by atoms with Crippen LogP contribution in [0.1, 0.15) is 28.9 Å². The highest BCUT2D eigenvalue weighted by atomic mass is 16.5. The Bertz CT molecular complexity index is 757. The summed E-state index contributed by atoms with van der Waals surface area (Å²) in [5, 5.41) is 7.45. The number of morpholine rings is 1. The molecule has 6 heteroatoms. The minimum absolute atomic E-state index is 0.0493. The van der Waals surface area contributed by atoms with Crippen LogP contribution in [0.15, 0.2) is 30.3 Å². The number of aryl methyl sites for hydroxylation is 2. The SMILES string of the molecule is Cc1nn(C)c(C)c1CCC(=O)NCC1CN(Cc2ccccc2)CCO1. The molecular formula is C21H30N4O2. The Morgan fingerprint density at radius 3 is 2.78 bits per heavy atom. The van der Waals surface area contributed by atoms with Crippen molar-refractivity contribution in [1.29, 1.82) is 0 Å². The highest BCUT2D eigenvalue weighted by molar-refractivity contribution is 5.76. The molecule has 1 atom stereocenters. The number of ether oxygens (including phenoxy) is 1. The Hall–Kier alpha value is -2.18. The molecule has 1 aromatic heterocycles. The maximum atomic E-state index is 12.3. The molecule has 1 aromatic carbocycles. The molecule has 0 bridgehead atoms. The van der Waals surface area contributed by atoms with E-state index in [9.17, 15) is 4.79 Å². The summed E-state index contributed by atoms with van der Waals surface area (Å²) in [6, 6.07) is 10.5. The Kier molecular flexibility index (Phi) is 6.63. The Balaban J connectivity index is 1.41. The van der Waals surface area contributed by atoms with E-state index in [1.165, 1.54) is 11.1 Å². The maximum Gasteiger partial charge on any atom is 0.220 e. The zero-order chi connectivity index (χ0) is 19.2. The van der Waals surface area contributed by atoms with Gasteiger partial charge in [-0.05, 0) is 31.4 Å². The maximum absolute atomic E-state index is 12.3. The number of carbonyl (C=O) groups is 1. The first kappa shape index (κ1) is 19.6. The van der Waals surface area contributed by atoms with E-state index in [1.807, 2.05) is 31.6 Å². The van der Waals surface area contributed by atoms with Crippen LogP contribution in [0.25, 0.3) is 0 Å². The van der Waals surface area contributed by atoms with Crippen molar-refractivity contribution >= 4 is 5.91 Å². The molecule has 2 aromatic rings. The van der Waals surface area contributed by atoms with Crippen molar-refractivity contribution in [3.8, 4) is 0 Å². The number of carbonyl (C=O) groups excluding carboxylic acids is 1. The van der Waals surface area contributed by atoms with Crippen molar-refractivity contribution < 1.29 is 9.53 Å². The van der Waals surface area contributed by atoms with Crippen molar-refractivity contribution in [2.75, 3.05) is 26.2 Å². The zero-order valence-electron chi connectivity index (χ0n) is 16.6. The van der Waals surface area contributed by atoms with Crippen LogP contribution in [0.2, 0.25) is 0 Å². The van der Waals surface area contributed by atoms with E-state index in [0.717, 1.165) is 37.4 Å². The lowest BCUT2D eigenvalue weighted by molar-refractivity contribution is -0.122. The summed E-state index contributed by atoms with van der Waals surface area (Å²) >= 11 is 0. The molecule has 1 saturated heterocycles. The summed E-state index contributed by atoms with van der Waals surface area (Å²) < 4.78 is 7.71. The average Bonchev–Trinajstić information content (AvgIpc) is 2.91. The van der Waals surface area contributed by atoms with Crippen molar-refractivity contribution in [3.05, 3.63) is 52.8 Å². The number of nitrogens with zero attached hydrogens (tertiary/aromatic N) is 3. The third-order valence-electron chi connectivity index (χ3n) is 5.26. The van der Waals surface area contributed by atoms with E-state index in [4.69, 9.17) is 4.74 Å². The molecule has 6 nitrogen and oxygen atoms in total. The molecule has 146 valence electrons. The van der Waals surface area contributed by atoms with Crippen LogP contribution in [0.4, 0.5) is 0 Å². The van der Waals surface area contributed by atoms with Gasteiger partial charge in [0.1, 0.15) is 0 Å². The Labute approximate surface area is 161 Å². The smallest absolute Gasteiger partial charge is 0.220 e. The number of hydrogen-bond donors (Lipinski definition) is 1. The molecule has 3 rings (SSSR count). The lowest BCUT2D eigenvalue weighted by Gasteiger charge is -2.33. The zero-order valence-corrected chi connectivity index (χ0v) is 16.6. The molecule has 1 fully saturated rings. The summed E-state index contributed by atoms with van der Waals surface area (Å²) in [5.74, 6) is 0.0708. The first-order chi connectivity index (χ1) is 13.0. The fourth-order valence-corrected chi connectivity index (χ4v) is 3.62. The largest absolute Gasteiger partial charge is 0.374 e. The second-order valence-corrected chi connectivity index (χ2v) is 7.29.